The van der Waals surface area contributed by atoms with Crippen molar-refractivity contribution in [3.05, 3.63) is 11.6 Å². The van der Waals surface area contributed by atoms with Crippen LogP contribution >= 0.6 is 0 Å². The molecule has 0 N–H and O–H groups in total. The molecule has 0 aromatic rings. The maximum atomic E-state index is 10.8. The molecule has 0 aromatic heterocycles. The molecule has 68 valence electrons. The largest absolute Gasteiger partial charge is 0.429 e. The highest BCUT2D eigenvalue weighted by Gasteiger charge is 2.21. The van der Waals surface area contributed by atoms with Gasteiger partial charge in [-0.3, -0.25) is 0 Å². The number of hydrogen-bond acceptors (Lipinski definition) is 3. The lowest BCUT2D eigenvalue weighted by Crippen LogP contribution is -2.13. The summed E-state index contributed by atoms with van der Waals surface area (Å²) in [4.78, 5) is 10.8. The van der Waals surface area contributed by atoms with Crippen molar-refractivity contribution in [1.29, 1.82) is 0 Å². The van der Waals surface area contributed by atoms with Gasteiger partial charge in [0.25, 0.3) is 0 Å². The molecule has 0 bridgehead atoms. The second kappa shape index (κ2) is 4.26. The highest BCUT2D eigenvalue weighted by molar-refractivity contribution is 5.89. The maximum Gasteiger partial charge on any atom is 0.336 e. The van der Waals surface area contributed by atoms with E-state index in [2.05, 4.69) is 6.92 Å². The smallest absolute Gasteiger partial charge is 0.336 e. The number of rotatable bonds is 4. The molecular formula is C9H14O3. The van der Waals surface area contributed by atoms with E-state index in [-0.39, 0.29) is 5.97 Å². The van der Waals surface area contributed by atoms with Gasteiger partial charge in [0.15, 0.2) is 0 Å². The van der Waals surface area contributed by atoms with Crippen LogP contribution in [0.1, 0.15) is 26.7 Å². The van der Waals surface area contributed by atoms with E-state index in [0.717, 1.165) is 12.8 Å². The molecule has 1 rings (SSSR count). The minimum atomic E-state index is -0.441. The molecule has 0 aromatic carbocycles. The second-order valence-corrected chi connectivity index (χ2v) is 2.85. The zero-order valence-electron chi connectivity index (χ0n) is 7.50. The van der Waals surface area contributed by atoms with Gasteiger partial charge in [0.05, 0.1) is 6.61 Å². The molecule has 1 heterocycles. The van der Waals surface area contributed by atoms with Gasteiger partial charge in [-0.25, -0.2) is 4.79 Å². The zero-order valence-corrected chi connectivity index (χ0v) is 7.50. The van der Waals surface area contributed by atoms with Gasteiger partial charge >= 0.3 is 5.97 Å². The first kappa shape index (κ1) is 9.26. The summed E-state index contributed by atoms with van der Waals surface area (Å²) in [6.07, 6.45) is 3.35. The molecule has 0 saturated carbocycles. The Morgan fingerprint density at radius 2 is 2.42 bits per heavy atom. The predicted molar refractivity (Wildman–Crippen MR) is 44.5 cm³/mol. The molecule has 1 unspecified atom stereocenters. The Hall–Kier alpha value is -0.830. The summed E-state index contributed by atoms with van der Waals surface area (Å²) >= 11 is 0. The molecule has 0 fully saturated rings. The van der Waals surface area contributed by atoms with E-state index in [1.165, 1.54) is 0 Å². The van der Waals surface area contributed by atoms with Gasteiger partial charge in [0.1, 0.15) is 0 Å². The molecule has 1 aliphatic heterocycles. The molecule has 1 atom stereocenters. The van der Waals surface area contributed by atoms with Gasteiger partial charge in [0, 0.05) is 5.57 Å². The Bertz CT molecular complexity index is 196. The maximum absolute atomic E-state index is 10.8. The van der Waals surface area contributed by atoms with Crippen molar-refractivity contribution in [2.24, 2.45) is 0 Å². The third kappa shape index (κ3) is 2.34. The molecule has 0 amide bonds. The van der Waals surface area contributed by atoms with Gasteiger partial charge in [-0.1, -0.05) is 13.3 Å². The summed E-state index contributed by atoms with van der Waals surface area (Å²) in [6, 6.07) is 0. The number of esters is 1. The zero-order chi connectivity index (χ0) is 8.97. The van der Waals surface area contributed by atoms with Crippen molar-refractivity contribution < 1.29 is 14.3 Å². The molecule has 0 spiro atoms. The first-order chi connectivity index (χ1) is 5.74. The summed E-state index contributed by atoms with van der Waals surface area (Å²) in [5.41, 5.74) is 0.636. The lowest BCUT2D eigenvalue weighted by Gasteiger charge is -2.08. The number of cyclic esters (lactones) is 1. The van der Waals surface area contributed by atoms with Crippen LogP contribution in [0.5, 0.6) is 0 Å². The van der Waals surface area contributed by atoms with Gasteiger partial charge in [-0.2, -0.15) is 0 Å². The van der Waals surface area contributed by atoms with E-state index in [1.807, 2.05) is 0 Å². The van der Waals surface area contributed by atoms with Crippen LogP contribution in [0.2, 0.25) is 0 Å². The topological polar surface area (TPSA) is 35.5 Å². The molecule has 3 heteroatoms. The average molecular weight is 170 g/mol. The van der Waals surface area contributed by atoms with E-state index in [0.29, 0.717) is 12.2 Å². The Balaban J connectivity index is 2.24. The van der Waals surface area contributed by atoms with Crippen LogP contribution in [0.4, 0.5) is 0 Å². The van der Waals surface area contributed by atoms with Gasteiger partial charge in [-0.05, 0) is 19.4 Å². The second-order valence-electron chi connectivity index (χ2n) is 2.85. The monoisotopic (exact) mass is 170 g/mol. The van der Waals surface area contributed by atoms with Gasteiger partial charge in [0.2, 0.25) is 6.29 Å². The standard InChI is InChI=1S/C9H14O3/c1-3-4-5-11-8-6-7(2)9(10)12-8/h6,8H,3-5H2,1-2H3. The Labute approximate surface area is 72.4 Å². The van der Waals surface area contributed by atoms with Crippen LogP contribution in [0, 0.1) is 0 Å². The van der Waals surface area contributed by atoms with E-state index >= 15 is 0 Å². The molecule has 0 saturated heterocycles. The fraction of sp³-hybridized carbons (Fsp3) is 0.667. The van der Waals surface area contributed by atoms with Crippen molar-refractivity contribution in [2.45, 2.75) is 33.0 Å². The van der Waals surface area contributed by atoms with E-state index in [4.69, 9.17) is 9.47 Å². The molecule has 1 aliphatic rings. The van der Waals surface area contributed by atoms with Crippen LogP contribution < -0.4 is 0 Å². The highest BCUT2D eigenvalue weighted by Crippen LogP contribution is 2.13. The summed E-state index contributed by atoms with van der Waals surface area (Å²) in [6.45, 7) is 4.47. The fourth-order valence-corrected chi connectivity index (χ4v) is 0.931. The SMILES string of the molecule is CCCCOC1C=C(C)C(=O)O1. The number of unbranched alkanes of at least 4 members (excludes halogenated alkanes) is 1. The van der Waals surface area contributed by atoms with Crippen LogP contribution in [0.25, 0.3) is 0 Å². The van der Waals surface area contributed by atoms with Crippen LogP contribution in [-0.2, 0) is 14.3 Å². The quantitative estimate of drug-likeness (QED) is 0.475. The Morgan fingerprint density at radius 3 is 2.92 bits per heavy atom. The fourth-order valence-electron chi connectivity index (χ4n) is 0.931. The van der Waals surface area contributed by atoms with Crippen LogP contribution in [0.15, 0.2) is 11.6 Å². The third-order valence-electron chi connectivity index (χ3n) is 1.71. The van der Waals surface area contributed by atoms with Gasteiger partial charge in [-0.15, -0.1) is 0 Å². The number of hydrogen-bond donors (Lipinski definition) is 0. The summed E-state index contributed by atoms with van der Waals surface area (Å²) in [7, 11) is 0. The average Bonchev–Trinajstić information content (AvgIpc) is 2.32. The normalized spacial score (nSPS) is 22.3. The van der Waals surface area contributed by atoms with Crippen molar-refractivity contribution in [1.82, 2.24) is 0 Å². The van der Waals surface area contributed by atoms with Crippen molar-refractivity contribution in [3.8, 4) is 0 Å². The lowest BCUT2D eigenvalue weighted by atomic mass is 10.3. The van der Waals surface area contributed by atoms with E-state index < -0.39 is 6.29 Å². The first-order valence-corrected chi connectivity index (χ1v) is 4.25. The molecular weight excluding hydrogens is 156 g/mol. The summed E-state index contributed by atoms with van der Waals surface area (Å²) in [5, 5.41) is 0. The number of carbonyl (C=O) groups is 1. The van der Waals surface area contributed by atoms with E-state index in [1.54, 1.807) is 13.0 Å². The third-order valence-corrected chi connectivity index (χ3v) is 1.71. The van der Waals surface area contributed by atoms with Crippen molar-refractivity contribution in [2.75, 3.05) is 6.61 Å². The first-order valence-electron chi connectivity index (χ1n) is 4.25. The Morgan fingerprint density at radius 1 is 1.67 bits per heavy atom. The van der Waals surface area contributed by atoms with Gasteiger partial charge < -0.3 is 9.47 Å². The molecule has 0 aliphatic carbocycles. The van der Waals surface area contributed by atoms with E-state index in [9.17, 15) is 4.79 Å². The highest BCUT2D eigenvalue weighted by atomic mass is 16.7. The minimum absolute atomic E-state index is 0.267. The summed E-state index contributed by atoms with van der Waals surface area (Å²) in [5.74, 6) is -0.267. The summed E-state index contributed by atoms with van der Waals surface area (Å²) < 4.78 is 10.1. The van der Waals surface area contributed by atoms with Crippen molar-refractivity contribution in [3.63, 3.8) is 0 Å². The number of carbonyl (C=O) groups excluding carboxylic acids is 1. The molecule has 0 radical (unpaired) electrons. The lowest BCUT2D eigenvalue weighted by molar-refractivity contribution is -0.158. The predicted octanol–water partition coefficient (Wildman–Crippen LogP) is 1.63. The molecule has 12 heavy (non-hydrogen) atoms. The van der Waals surface area contributed by atoms with Crippen molar-refractivity contribution >= 4 is 5.97 Å². The number of ether oxygens (including phenoxy) is 2. The molecule has 3 nitrogen and oxygen atoms in total. The van der Waals surface area contributed by atoms with Crippen LogP contribution in [-0.4, -0.2) is 18.9 Å². The van der Waals surface area contributed by atoms with Crippen LogP contribution in [0.3, 0.4) is 0 Å². The minimum Gasteiger partial charge on any atom is -0.429 e. The Kier molecular flexibility index (Phi) is 3.29.